The molecule has 7 heteroatoms. The van der Waals surface area contributed by atoms with E-state index in [1.54, 1.807) is 6.07 Å². The van der Waals surface area contributed by atoms with Crippen LogP contribution in [0.25, 0.3) is 10.7 Å². The van der Waals surface area contributed by atoms with Gasteiger partial charge in [0.05, 0.1) is 6.10 Å². The SMILES string of the molecule is OC(CNc1nnc(-c2ccon2)s1)Cc1ccccc1. The van der Waals surface area contributed by atoms with Crippen LogP contribution in [0.5, 0.6) is 0 Å². The third-order valence-electron chi connectivity index (χ3n) is 2.89. The van der Waals surface area contributed by atoms with Gasteiger partial charge in [-0.1, -0.05) is 46.8 Å². The van der Waals surface area contributed by atoms with Crippen LogP contribution in [0.2, 0.25) is 0 Å². The first-order valence-electron chi connectivity index (χ1n) is 6.51. The Labute approximate surface area is 125 Å². The third kappa shape index (κ3) is 3.65. The second-order valence-corrected chi connectivity index (χ2v) is 5.50. The number of aliphatic hydroxyl groups excluding tert-OH is 1. The van der Waals surface area contributed by atoms with Gasteiger partial charge < -0.3 is 14.9 Å². The first-order chi connectivity index (χ1) is 10.3. The Kier molecular flexibility index (Phi) is 4.23. The Morgan fingerprint density at radius 3 is 2.81 bits per heavy atom. The Morgan fingerprint density at radius 1 is 1.19 bits per heavy atom. The van der Waals surface area contributed by atoms with Gasteiger partial charge in [-0.3, -0.25) is 0 Å². The van der Waals surface area contributed by atoms with Crippen LogP contribution in [0.15, 0.2) is 47.2 Å². The molecule has 0 saturated heterocycles. The summed E-state index contributed by atoms with van der Waals surface area (Å²) in [6.45, 7) is 0.419. The highest BCUT2D eigenvalue weighted by Crippen LogP contribution is 2.24. The van der Waals surface area contributed by atoms with Gasteiger partial charge >= 0.3 is 0 Å². The maximum atomic E-state index is 10.0. The van der Waals surface area contributed by atoms with E-state index in [1.165, 1.54) is 17.6 Å². The molecule has 2 heterocycles. The zero-order valence-electron chi connectivity index (χ0n) is 11.1. The van der Waals surface area contributed by atoms with Crippen LogP contribution in [-0.4, -0.2) is 33.1 Å². The lowest BCUT2D eigenvalue weighted by atomic mass is 10.1. The second kappa shape index (κ2) is 6.47. The number of aliphatic hydroxyl groups is 1. The minimum absolute atomic E-state index is 0.419. The molecule has 0 spiro atoms. The first kappa shape index (κ1) is 13.7. The lowest BCUT2D eigenvalue weighted by Crippen LogP contribution is -2.21. The van der Waals surface area contributed by atoms with Gasteiger partial charge in [-0.25, -0.2) is 0 Å². The third-order valence-corrected chi connectivity index (χ3v) is 3.79. The van der Waals surface area contributed by atoms with Gasteiger partial charge in [0.1, 0.15) is 12.0 Å². The number of nitrogens with one attached hydrogen (secondary N) is 1. The molecule has 1 unspecified atom stereocenters. The number of anilines is 1. The molecule has 1 aromatic carbocycles. The minimum Gasteiger partial charge on any atom is -0.391 e. The number of hydrogen-bond acceptors (Lipinski definition) is 7. The molecule has 21 heavy (non-hydrogen) atoms. The molecule has 3 aromatic rings. The highest BCUT2D eigenvalue weighted by atomic mass is 32.1. The van der Waals surface area contributed by atoms with Crippen molar-refractivity contribution in [2.24, 2.45) is 0 Å². The standard InChI is InChI=1S/C14H14N4O2S/c19-11(8-10-4-2-1-3-5-10)9-15-14-17-16-13(21-14)12-6-7-20-18-12/h1-7,11,19H,8-9H2,(H,15,17). The highest BCUT2D eigenvalue weighted by Gasteiger charge is 2.11. The van der Waals surface area contributed by atoms with Crippen LogP contribution < -0.4 is 5.32 Å². The lowest BCUT2D eigenvalue weighted by Gasteiger charge is -2.10. The highest BCUT2D eigenvalue weighted by molar-refractivity contribution is 7.18. The van der Waals surface area contributed by atoms with Gasteiger partial charge in [0.2, 0.25) is 5.13 Å². The van der Waals surface area contributed by atoms with Crippen LogP contribution in [-0.2, 0) is 6.42 Å². The molecule has 0 aliphatic carbocycles. The molecule has 108 valence electrons. The second-order valence-electron chi connectivity index (χ2n) is 4.52. The Bertz CT molecular complexity index is 669. The molecule has 1 atom stereocenters. The lowest BCUT2D eigenvalue weighted by molar-refractivity contribution is 0.188. The van der Waals surface area contributed by atoms with Crippen molar-refractivity contribution in [3.05, 3.63) is 48.2 Å². The van der Waals surface area contributed by atoms with E-state index in [0.29, 0.717) is 28.8 Å². The van der Waals surface area contributed by atoms with Gasteiger partial charge in [0, 0.05) is 19.0 Å². The number of benzene rings is 1. The van der Waals surface area contributed by atoms with Crippen LogP contribution >= 0.6 is 11.3 Å². The summed E-state index contributed by atoms with van der Waals surface area (Å²) in [5, 5.41) is 26.3. The predicted octanol–water partition coefficient (Wildman–Crippen LogP) is 2.21. The van der Waals surface area contributed by atoms with Crippen molar-refractivity contribution in [3.63, 3.8) is 0 Å². The molecule has 0 aliphatic rings. The van der Waals surface area contributed by atoms with Gasteiger partial charge in [0.15, 0.2) is 5.01 Å². The van der Waals surface area contributed by atoms with Crippen molar-refractivity contribution in [1.29, 1.82) is 0 Å². The van der Waals surface area contributed by atoms with E-state index in [4.69, 9.17) is 4.52 Å². The fraction of sp³-hybridized carbons (Fsp3) is 0.214. The molecule has 0 bridgehead atoms. The molecular formula is C14H14N4O2S. The molecule has 0 saturated carbocycles. The normalized spacial score (nSPS) is 12.2. The van der Waals surface area contributed by atoms with Crippen molar-refractivity contribution in [2.45, 2.75) is 12.5 Å². The van der Waals surface area contributed by atoms with Crippen molar-refractivity contribution < 1.29 is 9.63 Å². The summed E-state index contributed by atoms with van der Waals surface area (Å²) in [6.07, 6.45) is 1.61. The summed E-state index contributed by atoms with van der Waals surface area (Å²) in [6, 6.07) is 11.6. The first-order valence-corrected chi connectivity index (χ1v) is 7.33. The molecule has 0 radical (unpaired) electrons. The average molecular weight is 302 g/mol. The van der Waals surface area contributed by atoms with E-state index in [0.717, 1.165) is 5.56 Å². The van der Waals surface area contributed by atoms with Crippen molar-refractivity contribution >= 4 is 16.5 Å². The van der Waals surface area contributed by atoms with Gasteiger partial charge in [-0.05, 0) is 5.56 Å². The summed E-state index contributed by atoms with van der Waals surface area (Å²) in [5.74, 6) is 0. The molecule has 3 rings (SSSR count). The van der Waals surface area contributed by atoms with Crippen LogP contribution in [0.3, 0.4) is 0 Å². The Morgan fingerprint density at radius 2 is 2.05 bits per heavy atom. The average Bonchev–Trinajstić information content (AvgIpc) is 3.17. The number of nitrogens with zero attached hydrogens (tertiary/aromatic N) is 3. The molecule has 6 nitrogen and oxygen atoms in total. The zero-order chi connectivity index (χ0) is 14.5. The van der Waals surface area contributed by atoms with E-state index in [2.05, 4.69) is 20.7 Å². The number of aromatic nitrogens is 3. The van der Waals surface area contributed by atoms with Crippen molar-refractivity contribution in [3.8, 4) is 10.7 Å². The molecular weight excluding hydrogens is 288 g/mol. The van der Waals surface area contributed by atoms with Crippen LogP contribution in [0.1, 0.15) is 5.56 Å². The molecule has 2 N–H and O–H groups in total. The van der Waals surface area contributed by atoms with E-state index < -0.39 is 6.10 Å². The van der Waals surface area contributed by atoms with Gasteiger partial charge in [0.25, 0.3) is 0 Å². The van der Waals surface area contributed by atoms with E-state index in [9.17, 15) is 5.11 Å². The molecule has 0 fully saturated rings. The topological polar surface area (TPSA) is 84.1 Å². The van der Waals surface area contributed by atoms with Crippen molar-refractivity contribution in [1.82, 2.24) is 15.4 Å². The van der Waals surface area contributed by atoms with Crippen LogP contribution in [0.4, 0.5) is 5.13 Å². The monoisotopic (exact) mass is 302 g/mol. The largest absolute Gasteiger partial charge is 0.391 e. The molecule has 2 aromatic heterocycles. The molecule has 0 amide bonds. The number of rotatable bonds is 6. The summed E-state index contributed by atoms with van der Waals surface area (Å²) in [4.78, 5) is 0. The summed E-state index contributed by atoms with van der Waals surface area (Å²) >= 11 is 1.37. The smallest absolute Gasteiger partial charge is 0.206 e. The number of hydrogen-bond donors (Lipinski definition) is 2. The fourth-order valence-electron chi connectivity index (χ4n) is 1.88. The van der Waals surface area contributed by atoms with Crippen LogP contribution in [0, 0.1) is 0 Å². The Balaban J connectivity index is 1.53. The maximum absolute atomic E-state index is 10.0. The summed E-state index contributed by atoms with van der Waals surface area (Å²) in [5.41, 5.74) is 1.76. The zero-order valence-corrected chi connectivity index (χ0v) is 12.0. The summed E-state index contributed by atoms with van der Waals surface area (Å²) in [7, 11) is 0. The predicted molar refractivity (Wildman–Crippen MR) is 80.0 cm³/mol. The van der Waals surface area contributed by atoms with Crippen molar-refractivity contribution in [2.75, 3.05) is 11.9 Å². The minimum atomic E-state index is -0.480. The Hall–Kier alpha value is -2.25. The maximum Gasteiger partial charge on any atom is 0.206 e. The van der Waals surface area contributed by atoms with E-state index in [-0.39, 0.29) is 0 Å². The van der Waals surface area contributed by atoms with E-state index in [1.807, 2.05) is 30.3 Å². The van der Waals surface area contributed by atoms with E-state index >= 15 is 0 Å². The fourth-order valence-corrected chi connectivity index (χ4v) is 2.60. The quantitative estimate of drug-likeness (QED) is 0.726. The van der Waals surface area contributed by atoms with Gasteiger partial charge in [-0.2, -0.15) is 0 Å². The molecule has 0 aliphatic heterocycles. The summed E-state index contributed by atoms with van der Waals surface area (Å²) < 4.78 is 4.77. The van der Waals surface area contributed by atoms with Gasteiger partial charge in [-0.15, -0.1) is 10.2 Å².